The van der Waals surface area contributed by atoms with Crippen molar-refractivity contribution < 1.29 is 14.1 Å². The van der Waals surface area contributed by atoms with E-state index < -0.39 is 0 Å². The number of carbonyl (C=O) groups is 1. The fourth-order valence-electron chi connectivity index (χ4n) is 2.98. The lowest BCUT2D eigenvalue weighted by atomic mass is 10.1. The SMILES string of the molecule is Cc1noc(-c2ccc(C(=O)Nc3cccc(N4CCOCC4)c3)cc2)n1. The van der Waals surface area contributed by atoms with Crippen molar-refractivity contribution in [2.75, 3.05) is 36.5 Å². The Balaban J connectivity index is 1.45. The highest BCUT2D eigenvalue weighted by Gasteiger charge is 2.13. The van der Waals surface area contributed by atoms with E-state index in [2.05, 4.69) is 20.4 Å². The molecule has 0 radical (unpaired) electrons. The summed E-state index contributed by atoms with van der Waals surface area (Å²) in [5, 5.41) is 6.73. The molecule has 2 heterocycles. The van der Waals surface area contributed by atoms with Crippen LogP contribution >= 0.6 is 0 Å². The van der Waals surface area contributed by atoms with E-state index in [0.717, 1.165) is 43.2 Å². The van der Waals surface area contributed by atoms with Gasteiger partial charge in [-0.05, 0) is 49.4 Å². The van der Waals surface area contributed by atoms with Gasteiger partial charge >= 0.3 is 0 Å². The summed E-state index contributed by atoms with van der Waals surface area (Å²) in [5.41, 5.74) is 3.19. The summed E-state index contributed by atoms with van der Waals surface area (Å²) in [6, 6.07) is 14.9. The topological polar surface area (TPSA) is 80.5 Å². The van der Waals surface area contributed by atoms with Crippen molar-refractivity contribution in [1.82, 2.24) is 10.1 Å². The maximum absolute atomic E-state index is 12.6. The fraction of sp³-hybridized carbons (Fsp3) is 0.250. The number of hydrogen-bond donors (Lipinski definition) is 1. The minimum Gasteiger partial charge on any atom is -0.378 e. The van der Waals surface area contributed by atoms with Gasteiger partial charge in [-0.25, -0.2) is 0 Å². The molecule has 1 aliphatic heterocycles. The van der Waals surface area contributed by atoms with Gasteiger partial charge in [0.05, 0.1) is 13.2 Å². The van der Waals surface area contributed by atoms with E-state index in [9.17, 15) is 4.79 Å². The molecular formula is C20H20N4O3. The molecule has 0 atom stereocenters. The molecule has 1 amide bonds. The Morgan fingerprint density at radius 2 is 1.89 bits per heavy atom. The van der Waals surface area contributed by atoms with Crippen molar-refractivity contribution in [2.24, 2.45) is 0 Å². The van der Waals surface area contributed by atoms with E-state index in [0.29, 0.717) is 17.3 Å². The number of aromatic nitrogens is 2. The molecule has 0 spiro atoms. The van der Waals surface area contributed by atoms with E-state index in [1.54, 1.807) is 31.2 Å². The first-order valence-corrected chi connectivity index (χ1v) is 8.84. The molecule has 1 fully saturated rings. The van der Waals surface area contributed by atoms with Gasteiger partial charge in [0.1, 0.15) is 0 Å². The summed E-state index contributed by atoms with van der Waals surface area (Å²) in [4.78, 5) is 19.0. The maximum Gasteiger partial charge on any atom is 0.257 e. The summed E-state index contributed by atoms with van der Waals surface area (Å²) >= 11 is 0. The van der Waals surface area contributed by atoms with Gasteiger partial charge in [0.2, 0.25) is 0 Å². The number of aryl methyl sites for hydroxylation is 1. The van der Waals surface area contributed by atoms with Crippen molar-refractivity contribution in [3.05, 3.63) is 59.9 Å². The van der Waals surface area contributed by atoms with Crippen LogP contribution in [0.15, 0.2) is 53.1 Å². The molecule has 1 N–H and O–H groups in total. The van der Waals surface area contributed by atoms with Crippen LogP contribution in [-0.4, -0.2) is 42.4 Å². The Kier molecular flexibility index (Phi) is 4.84. The minimum absolute atomic E-state index is 0.164. The first-order chi connectivity index (χ1) is 13.2. The first kappa shape index (κ1) is 17.2. The van der Waals surface area contributed by atoms with Crippen molar-refractivity contribution in [1.29, 1.82) is 0 Å². The summed E-state index contributed by atoms with van der Waals surface area (Å²) in [6.45, 7) is 4.92. The molecule has 1 saturated heterocycles. The normalized spacial score (nSPS) is 14.2. The summed E-state index contributed by atoms with van der Waals surface area (Å²) in [6.07, 6.45) is 0. The van der Waals surface area contributed by atoms with Crippen molar-refractivity contribution >= 4 is 17.3 Å². The van der Waals surface area contributed by atoms with Gasteiger partial charge in [-0.15, -0.1) is 0 Å². The Labute approximate surface area is 156 Å². The number of carbonyl (C=O) groups excluding carboxylic acids is 1. The van der Waals surface area contributed by atoms with Crippen molar-refractivity contribution in [2.45, 2.75) is 6.92 Å². The summed E-state index contributed by atoms with van der Waals surface area (Å²) in [5.74, 6) is 0.854. The molecule has 0 bridgehead atoms. The molecule has 0 saturated carbocycles. The number of anilines is 2. The Morgan fingerprint density at radius 1 is 1.11 bits per heavy atom. The Hall–Kier alpha value is -3.19. The molecule has 0 unspecified atom stereocenters. The Morgan fingerprint density at radius 3 is 2.59 bits per heavy atom. The second-order valence-corrected chi connectivity index (χ2v) is 6.33. The number of benzene rings is 2. The summed E-state index contributed by atoms with van der Waals surface area (Å²) < 4.78 is 10.5. The molecule has 7 nitrogen and oxygen atoms in total. The van der Waals surface area contributed by atoms with E-state index >= 15 is 0 Å². The van der Waals surface area contributed by atoms with Crippen LogP contribution in [-0.2, 0) is 4.74 Å². The van der Waals surface area contributed by atoms with Gasteiger partial charge in [0, 0.05) is 35.6 Å². The zero-order chi connectivity index (χ0) is 18.6. The molecule has 2 aromatic carbocycles. The molecule has 1 aromatic heterocycles. The predicted molar refractivity (Wildman–Crippen MR) is 102 cm³/mol. The number of morpholine rings is 1. The zero-order valence-electron chi connectivity index (χ0n) is 15.0. The lowest BCUT2D eigenvalue weighted by Gasteiger charge is -2.29. The average Bonchev–Trinajstić information content (AvgIpc) is 3.15. The molecule has 3 aromatic rings. The average molecular weight is 364 g/mol. The number of amides is 1. The second-order valence-electron chi connectivity index (χ2n) is 6.33. The predicted octanol–water partition coefficient (Wildman–Crippen LogP) is 3.13. The van der Waals surface area contributed by atoms with Crippen LogP contribution in [0.25, 0.3) is 11.5 Å². The number of nitrogens with zero attached hydrogens (tertiary/aromatic N) is 3. The third-order valence-electron chi connectivity index (χ3n) is 4.40. The van der Waals surface area contributed by atoms with E-state index in [-0.39, 0.29) is 5.91 Å². The molecule has 27 heavy (non-hydrogen) atoms. The molecular weight excluding hydrogens is 344 g/mol. The third kappa shape index (κ3) is 3.98. The highest BCUT2D eigenvalue weighted by molar-refractivity contribution is 6.04. The van der Waals surface area contributed by atoms with Crippen LogP contribution < -0.4 is 10.2 Å². The highest BCUT2D eigenvalue weighted by atomic mass is 16.5. The molecule has 138 valence electrons. The van der Waals surface area contributed by atoms with Crippen LogP contribution in [0.4, 0.5) is 11.4 Å². The van der Waals surface area contributed by atoms with Crippen molar-refractivity contribution in [3.8, 4) is 11.5 Å². The first-order valence-electron chi connectivity index (χ1n) is 8.84. The summed E-state index contributed by atoms with van der Waals surface area (Å²) in [7, 11) is 0. The largest absolute Gasteiger partial charge is 0.378 e. The zero-order valence-corrected chi connectivity index (χ0v) is 15.0. The van der Waals surface area contributed by atoms with Gasteiger partial charge < -0.3 is 19.5 Å². The van der Waals surface area contributed by atoms with E-state index in [1.165, 1.54) is 0 Å². The molecule has 7 heteroatoms. The van der Waals surface area contributed by atoms with Gasteiger partial charge in [-0.3, -0.25) is 4.79 Å². The maximum atomic E-state index is 12.6. The number of nitrogens with one attached hydrogen (secondary N) is 1. The van der Waals surface area contributed by atoms with Crippen LogP contribution in [0.2, 0.25) is 0 Å². The fourth-order valence-corrected chi connectivity index (χ4v) is 2.98. The Bertz CT molecular complexity index is 930. The van der Waals surface area contributed by atoms with Crippen molar-refractivity contribution in [3.63, 3.8) is 0 Å². The van der Waals surface area contributed by atoms with Gasteiger partial charge in [-0.2, -0.15) is 4.98 Å². The second kappa shape index (κ2) is 7.59. The van der Waals surface area contributed by atoms with Crippen LogP contribution in [0.5, 0.6) is 0 Å². The monoisotopic (exact) mass is 364 g/mol. The van der Waals surface area contributed by atoms with E-state index in [1.807, 2.05) is 24.3 Å². The minimum atomic E-state index is -0.164. The quantitative estimate of drug-likeness (QED) is 0.766. The molecule has 1 aliphatic rings. The number of rotatable bonds is 4. The molecule has 4 rings (SSSR count). The standard InChI is InChI=1S/C20H20N4O3/c1-14-21-20(27-23-14)16-7-5-15(6-8-16)19(25)22-17-3-2-4-18(13-17)24-9-11-26-12-10-24/h2-8,13H,9-12H2,1H3,(H,22,25). The highest BCUT2D eigenvalue weighted by Crippen LogP contribution is 2.22. The van der Waals surface area contributed by atoms with Gasteiger partial charge in [-0.1, -0.05) is 11.2 Å². The lowest BCUT2D eigenvalue weighted by molar-refractivity contribution is 0.102. The van der Waals surface area contributed by atoms with E-state index in [4.69, 9.17) is 9.26 Å². The smallest absolute Gasteiger partial charge is 0.257 e. The lowest BCUT2D eigenvalue weighted by Crippen LogP contribution is -2.36. The third-order valence-corrected chi connectivity index (χ3v) is 4.40. The number of hydrogen-bond acceptors (Lipinski definition) is 6. The van der Waals surface area contributed by atoms with Gasteiger partial charge in [0.25, 0.3) is 11.8 Å². The number of ether oxygens (including phenoxy) is 1. The van der Waals surface area contributed by atoms with Gasteiger partial charge in [0.15, 0.2) is 5.82 Å². The molecule has 0 aliphatic carbocycles. The van der Waals surface area contributed by atoms with Crippen LogP contribution in [0, 0.1) is 6.92 Å². The van der Waals surface area contributed by atoms with Crippen LogP contribution in [0.3, 0.4) is 0 Å². The van der Waals surface area contributed by atoms with Crippen LogP contribution in [0.1, 0.15) is 16.2 Å².